The second-order valence-electron chi connectivity index (χ2n) is 10.9. The van der Waals surface area contributed by atoms with Crippen LogP contribution in [0.4, 0.5) is 18.9 Å². The van der Waals surface area contributed by atoms with Crippen molar-refractivity contribution in [1.29, 1.82) is 0 Å². The molecule has 0 radical (unpaired) electrons. The molecule has 1 atom stereocenters. The quantitative estimate of drug-likeness (QED) is 0.0661. The van der Waals surface area contributed by atoms with E-state index < -0.39 is 29.5 Å². The number of anilines is 1. The molecule has 45 heavy (non-hydrogen) atoms. The fourth-order valence-corrected chi connectivity index (χ4v) is 5.14. The molecular formula is C34H36F3N5O3. The molecule has 236 valence electrons. The Morgan fingerprint density at radius 3 is 2.49 bits per heavy atom. The van der Waals surface area contributed by atoms with Gasteiger partial charge in [-0.25, -0.2) is 15.0 Å². The van der Waals surface area contributed by atoms with Crippen LogP contribution < -0.4 is 10.8 Å². The van der Waals surface area contributed by atoms with E-state index in [1.165, 1.54) is 17.6 Å². The molecule has 2 heterocycles. The summed E-state index contributed by atoms with van der Waals surface area (Å²) in [6.07, 6.45) is 5.15. The molecule has 1 unspecified atom stereocenters. The van der Waals surface area contributed by atoms with Gasteiger partial charge >= 0.3 is 6.18 Å². The monoisotopic (exact) mass is 619 g/mol. The highest BCUT2D eigenvalue weighted by atomic mass is 19.4. The summed E-state index contributed by atoms with van der Waals surface area (Å²) in [4.78, 5) is 29.9. The molecule has 0 aliphatic heterocycles. The third-order valence-electron chi connectivity index (χ3n) is 7.62. The van der Waals surface area contributed by atoms with Crippen LogP contribution in [0.2, 0.25) is 0 Å². The Kier molecular flexibility index (Phi) is 11.3. The first-order valence-electron chi connectivity index (χ1n) is 15.0. The second kappa shape index (κ2) is 15.3. The topological polar surface area (TPSA) is 109 Å². The van der Waals surface area contributed by atoms with Crippen LogP contribution in [-0.4, -0.2) is 31.6 Å². The Balaban J connectivity index is 1.53. The number of carbonyl (C=O) groups is 2. The second-order valence-corrected chi connectivity index (χ2v) is 10.9. The lowest BCUT2D eigenvalue weighted by Crippen LogP contribution is -2.28. The predicted octanol–water partition coefficient (Wildman–Crippen LogP) is 7.44. The number of hydrogen-bond donors (Lipinski definition) is 3. The maximum absolute atomic E-state index is 14.2. The molecule has 0 spiro atoms. The van der Waals surface area contributed by atoms with Crippen LogP contribution in [0.15, 0.2) is 60.9 Å². The number of carbonyl (C=O) groups excluding carboxylic acids is 2. The predicted molar refractivity (Wildman–Crippen MR) is 165 cm³/mol. The number of rotatable bonds is 12. The number of benzene rings is 2. The SMILES string of the molecule is CCCCCCCCCC(C(=O)NO)c1ccc(NC(=O)c2ccc(C)c(C#Cc3cnc4cccnn34)c2)cc1C(F)(F)F. The third kappa shape index (κ3) is 8.70. The molecular weight excluding hydrogens is 583 g/mol. The van der Waals surface area contributed by atoms with Gasteiger partial charge < -0.3 is 5.32 Å². The van der Waals surface area contributed by atoms with Gasteiger partial charge in [0.2, 0.25) is 0 Å². The first-order chi connectivity index (χ1) is 21.6. The smallest absolute Gasteiger partial charge is 0.322 e. The van der Waals surface area contributed by atoms with E-state index in [1.54, 1.807) is 47.2 Å². The van der Waals surface area contributed by atoms with Gasteiger partial charge in [0, 0.05) is 23.0 Å². The minimum Gasteiger partial charge on any atom is -0.322 e. The molecule has 2 aromatic carbocycles. The van der Waals surface area contributed by atoms with Gasteiger partial charge in [-0.15, -0.1) is 0 Å². The van der Waals surface area contributed by atoms with E-state index in [2.05, 4.69) is 34.2 Å². The number of fused-ring (bicyclic) bond motifs is 1. The summed E-state index contributed by atoms with van der Waals surface area (Å²) < 4.78 is 44.3. The van der Waals surface area contributed by atoms with Gasteiger partial charge in [0.1, 0.15) is 5.69 Å². The summed E-state index contributed by atoms with van der Waals surface area (Å²) in [5, 5.41) is 16.0. The Morgan fingerprint density at radius 1 is 1.00 bits per heavy atom. The minimum absolute atomic E-state index is 0.0832. The van der Waals surface area contributed by atoms with Gasteiger partial charge in [0.05, 0.1) is 17.7 Å². The van der Waals surface area contributed by atoms with Crippen molar-refractivity contribution >= 4 is 23.1 Å². The maximum Gasteiger partial charge on any atom is 0.416 e. The van der Waals surface area contributed by atoms with E-state index in [0.29, 0.717) is 23.3 Å². The Bertz CT molecular complexity index is 1700. The minimum atomic E-state index is -4.80. The van der Waals surface area contributed by atoms with E-state index in [9.17, 15) is 28.0 Å². The number of imidazole rings is 1. The van der Waals surface area contributed by atoms with E-state index in [0.717, 1.165) is 50.2 Å². The lowest BCUT2D eigenvalue weighted by atomic mass is 9.88. The van der Waals surface area contributed by atoms with E-state index in [1.807, 2.05) is 6.92 Å². The average Bonchev–Trinajstić information content (AvgIpc) is 3.44. The fourth-order valence-electron chi connectivity index (χ4n) is 5.14. The number of nitrogens with zero attached hydrogens (tertiary/aromatic N) is 3. The normalized spacial score (nSPS) is 12.0. The lowest BCUT2D eigenvalue weighted by molar-refractivity contribution is -0.139. The number of hydrogen-bond acceptors (Lipinski definition) is 5. The Morgan fingerprint density at radius 2 is 1.76 bits per heavy atom. The maximum atomic E-state index is 14.2. The van der Waals surface area contributed by atoms with Gasteiger partial charge in [-0.05, 0) is 66.8 Å². The third-order valence-corrected chi connectivity index (χ3v) is 7.62. The molecule has 2 amide bonds. The summed E-state index contributed by atoms with van der Waals surface area (Å²) in [5.41, 5.74) is 2.89. The first-order valence-corrected chi connectivity index (χ1v) is 15.0. The molecule has 2 aromatic heterocycles. The average molecular weight is 620 g/mol. The van der Waals surface area contributed by atoms with Gasteiger partial charge in [-0.1, -0.05) is 69.9 Å². The fraction of sp³-hybridized carbons (Fsp3) is 0.353. The number of alkyl halides is 3. The highest BCUT2D eigenvalue weighted by Gasteiger charge is 2.37. The zero-order valence-electron chi connectivity index (χ0n) is 25.2. The van der Waals surface area contributed by atoms with Crippen molar-refractivity contribution in [2.75, 3.05) is 5.32 Å². The van der Waals surface area contributed by atoms with Crippen molar-refractivity contribution < 1.29 is 28.0 Å². The number of hydroxylamine groups is 1. The summed E-state index contributed by atoms with van der Waals surface area (Å²) in [6.45, 7) is 3.95. The van der Waals surface area contributed by atoms with Gasteiger partial charge in [-0.3, -0.25) is 14.8 Å². The Labute approximate surface area is 260 Å². The summed E-state index contributed by atoms with van der Waals surface area (Å²) in [7, 11) is 0. The van der Waals surface area contributed by atoms with Gasteiger partial charge in [0.15, 0.2) is 5.65 Å². The zero-order valence-corrected chi connectivity index (χ0v) is 25.2. The van der Waals surface area contributed by atoms with Crippen LogP contribution >= 0.6 is 0 Å². The molecule has 11 heteroatoms. The molecule has 4 rings (SSSR count). The van der Waals surface area contributed by atoms with Crippen molar-refractivity contribution in [2.45, 2.75) is 77.3 Å². The molecule has 8 nitrogen and oxygen atoms in total. The molecule has 3 N–H and O–H groups in total. The number of nitrogens with one attached hydrogen (secondary N) is 2. The van der Waals surface area contributed by atoms with E-state index >= 15 is 0 Å². The number of aromatic nitrogens is 3. The van der Waals surface area contributed by atoms with E-state index in [-0.39, 0.29) is 23.2 Å². The van der Waals surface area contributed by atoms with Gasteiger partial charge in [0.25, 0.3) is 11.8 Å². The molecule has 0 saturated heterocycles. The molecule has 0 aliphatic carbocycles. The molecule has 4 aromatic rings. The summed E-state index contributed by atoms with van der Waals surface area (Å²) in [6, 6.07) is 11.7. The van der Waals surface area contributed by atoms with Crippen LogP contribution in [0.3, 0.4) is 0 Å². The van der Waals surface area contributed by atoms with Crippen molar-refractivity contribution in [3.63, 3.8) is 0 Å². The van der Waals surface area contributed by atoms with Crippen molar-refractivity contribution in [3.05, 3.63) is 94.4 Å². The molecule has 0 aliphatic rings. The number of aryl methyl sites for hydroxylation is 1. The van der Waals surface area contributed by atoms with Crippen LogP contribution in [0, 0.1) is 18.8 Å². The van der Waals surface area contributed by atoms with Crippen molar-refractivity contribution in [1.82, 2.24) is 20.1 Å². The lowest BCUT2D eigenvalue weighted by Gasteiger charge is -2.21. The van der Waals surface area contributed by atoms with E-state index in [4.69, 9.17) is 0 Å². The first kappa shape index (κ1) is 33.2. The van der Waals surface area contributed by atoms with Crippen LogP contribution in [0.25, 0.3) is 5.65 Å². The van der Waals surface area contributed by atoms with Crippen LogP contribution in [-0.2, 0) is 11.0 Å². The highest BCUT2D eigenvalue weighted by molar-refractivity contribution is 6.04. The van der Waals surface area contributed by atoms with Crippen molar-refractivity contribution in [3.8, 4) is 11.8 Å². The Hall–Kier alpha value is -4.69. The van der Waals surface area contributed by atoms with Gasteiger partial charge in [-0.2, -0.15) is 18.3 Å². The highest BCUT2D eigenvalue weighted by Crippen LogP contribution is 2.39. The molecule has 0 bridgehead atoms. The zero-order chi connectivity index (χ0) is 32.4. The summed E-state index contributed by atoms with van der Waals surface area (Å²) in [5.74, 6) is 3.30. The largest absolute Gasteiger partial charge is 0.416 e. The molecule has 0 saturated carbocycles. The summed E-state index contributed by atoms with van der Waals surface area (Å²) >= 11 is 0. The number of halogens is 3. The standard InChI is InChI=1S/C34H36F3N5O3/c1-3-4-5-6-7-8-9-11-29(33(44)41-45)28-18-16-26(21-30(28)34(35,36)37)40-32(43)25-14-13-23(2)24(20-25)15-17-27-22-38-31-12-10-19-39-42(27)31/h10,12-14,16,18-22,29,45H,3-9,11H2,1-2H3,(H,40,43)(H,41,44). The van der Waals surface area contributed by atoms with Crippen molar-refractivity contribution in [2.24, 2.45) is 0 Å². The number of unbranched alkanes of at least 4 members (excludes halogenated alkanes) is 6. The molecule has 0 fully saturated rings. The number of amides is 2. The van der Waals surface area contributed by atoms with Crippen LogP contribution in [0.1, 0.15) is 103 Å². The van der Waals surface area contributed by atoms with Crippen LogP contribution in [0.5, 0.6) is 0 Å².